The van der Waals surface area contributed by atoms with E-state index in [1.807, 2.05) is 0 Å². The topological polar surface area (TPSA) is 51.1 Å². The molecule has 3 fully saturated rings. The van der Waals surface area contributed by atoms with Gasteiger partial charge in [0.15, 0.2) is 0 Å². The monoisotopic (exact) mass is 290 g/mol. The molecule has 21 heavy (non-hydrogen) atoms. The first-order valence-corrected chi connectivity index (χ1v) is 8.47. The van der Waals surface area contributed by atoms with Gasteiger partial charge in [0.05, 0.1) is 0 Å². The molecule has 0 aromatic carbocycles. The highest BCUT2D eigenvalue weighted by Crippen LogP contribution is 2.46. The van der Waals surface area contributed by atoms with Crippen molar-refractivity contribution >= 4 is 6.21 Å². The van der Waals surface area contributed by atoms with E-state index >= 15 is 0 Å². The molecular formula is C16H26N4O. The van der Waals surface area contributed by atoms with Gasteiger partial charge >= 0.3 is 0 Å². The summed E-state index contributed by atoms with van der Waals surface area (Å²) in [5.74, 6) is 2.45. The molecule has 5 nitrogen and oxygen atoms in total. The summed E-state index contributed by atoms with van der Waals surface area (Å²) in [6.07, 6.45) is 12.2. The van der Waals surface area contributed by atoms with Crippen molar-refractivity contribution in [2.24, 2.45) is 22.7 Å². The van der Waals surface area contributed by atoms with Crippen LogP contribution in [0.4, 0.5) is 0 Å². The molecule has 1 saturated heterocycles. The Balaban J connectivity index is 1.22. The zero-order valence-electron chi connectivity index (χ0n) is 12.6. The molecule has 3 unspecified atom stereocenters. The number of hydrogen-bond acceptors (Lipinski definition) is 5. The van der Waals surface area contributed by atoms with Gasteiger partial charge in [-0.1, -0.05) is 19.3 Å². The van der Waals surface area contributed by atoms with Crippen molar-refractivity contribution in [3.63, 3.8) is 0 Å². The van der Waals surface area contributed by atoms with Crippen molar-refractivity contribution in [2.45, 2.75) is 44.4 Å². The number of allylic oxidation sites excluding steroid dienone is 1. The Bertz CT molecular complexity index is 420. The second-order valence-electron chi connectivity index (χ2n) is 7.09. The van der Waals surface area contributed by atoms with Gasteiger partial charge in [0.2, 0.25) is 6.29 Å². The molecule has 4 aliphatic rings. The van der Waals surface area contributed by atoms with E-state index in [-0.39, 0.29) is 6.29 Å². The van der Waals surface area contributed by atoms with Crippen LogP contribution in [-0.2, 0) is 0 Å². The fourth-order valence-electron chi connectivity index (χ4n) is 4.40. The summed E-state index contributed by atoms with van der Waals surface area (Å²) in [6, 6.07) is 0.721. The van der Waals surface area contributed by atoms with Crippen LogP contribution in [0.25, 0.3) is 0 Å². The summed E-state index contributed by atoms with van der Waals surface area (Å²) >= 11 is 0. The predicted octanol–water partition coefficient (Wildman–Crippen LogP) is 1.66. The van der Waals surface area contributed by atoms with Crippen molar-refractivity contribution in [3.8, 4) is 0 Å². The summed E-state index contributed by atoms with van der Waals surface area (Å²) < 4.78 is 0. The van der Waals surface area contributed by atoms with Crippen LogP contribution >= 0.6 is 0 Å². The number of nitrogens with one attached hydrogen (secondary N) is 1. The lowest BCUT2D eigenvalue weighted by atomic mass is 9.89. The fourth-order valence-corrected chi connectivity index (χ4v) is 4.40. The first-order valence-electron chi connectivity index (χ1n) is 8.47. The Morgan fingerprint density at radius 1 is 1.14 bits per heavy atom. The van der Waals surface area contributed by atoms with Gasteiger partial charge in [0.25, 0.3) is 0 Å². The summed E-state index contributed by atoms with van der Waals surface area (Å²) in [5, 5.41) is 14.9. The van der Waals surface area contributed by atoms with Crippen LogP contribution in [0.3, 0.4) is 0 Å². The van der Waals surface area contributed by atoms with Crippen LogP contribution in [0.15, 0.2) is 17.3 Å². The van der Waals surface area contributed by atoms with E-state index in [0.717, 1.165) is 36.9 Å². The fraction of sp³-hybridized carbons (Fsp3) is 0.812. The van der Waals surface area contributed by atoms with Crippen LogP contribution in [-0.4, -0.2) is 53.4 Å². The highest BCUT2D eigenvalue weighted by atomic mass is 16.5. The number of rotatable bonds is 4. The Morgan fingerprint density at radius 2 is 1.90 bits per heavy atom. The van der Waals surface area contributed by atoms with Crippen LogP contribution in [0.5, 0.6) is 0 Å². The molecule has 0 amide bonds. The highest BCUT2D eigenvalue weighted by Gasteiger charge is 2.56. The van der Waals surface area contributed by atoms with E-state index in [1.54, 1.807) is 18.5 Å². The molecule has 0 radical (unpaired) electrons. The molecule has 2 aliphatic carbocycles. The number of likely N-dealkylation sites (tertiary alicyclic amines) is 1. The van der Waals surface area contributed by atoms with Crippen molar-refractivity contribution in [1.82, 2.24) is 15.3 Å². The van der Waals surface area contributed by atoms with Crippen molar-refractivity contribution in [1.29, 1.82) is 0 Å². The largest absolute Gasteiger partial charge is 0.313 e. The number of nitrogens with zero attached hydrogens (tertiary/aromatic N) is 3. The molecule has 0 aromatic rings. The van der Waals surface area contributed by atoms with Crippen molar-refractivity contribution in [2.75, 3.05) is 19.6 Å². The zero-order valence-corrected chi connectivity index (χ0v) is 12.6. The van der Waals surface area contributed by atoms with Crippen LogP contribution in [0.1, 0.15) is 32.1 Å². The minimum absolute atomic E-state index is 0.207. The van der Waals surface area contributed by atoms with Crippen LogP contribution < -0.4 is 5.32 Å². The maximum absolute atomic E-state index is 9.85. The van der Waals surface area contributed by atoms with E-state index in [0.29, 0.717) is 0 Å². The van der Waals surface area contributed by atoms with E-state index in [2.05, 4.69) is 15.2 Å². The lowest BCUT2D eigenvalue weighted by Gasteiger charge is -2.32. The molecule has 2 heterocycles. The summed E-state index contributed by atoms with van der Waals surface area (Å²) in [4.78, 5) is 6.65. The van der Waals surface area contributed by atoms with Crippen molar-refractivity contribution < 1.29 is 5.21 Å². The average molecular weight is 290 g/mol. The first-order chi connectivity index (χ1) is 10.3. The molecule has 2 aliphatic heterocycles. The Labute approximate surface area is 126 Å². The Morgan fingerprint density at radius 3 is 2.62 bits per heavy atom. The van der Waals surface area contributed by atoms with Gasteiger partial charge in [-0.25, -0.2) is 5.06 Å². The van der Waals surface area contributed by atoms with E-state index in [9.17, 15) is 5.21 Å². The van der Waals surface area contributed by atoms with E-state index < -0.39 is 0 Å². The molecule has 116 valence electrons. The molecule has 4 rings (SSSR count). The van der Waals surface area contributed by atoms with Gasteiger partial charge in [0, 0.05) is 31.5 Å². The van der Waals surface area contributed by atoms with Gasteiger partial charge in [-0.05, 0) is 43.2 Å². The molecule has 0 spiro atoms. The third kappa shape index (κ3) is 2.74. The molecule has 5 heteroatoms. The van der Waals surface area contributed by atoms with Crippen LogP contribution in [0, 0.1) is 17.8 Å². The number of fused-ring (bicyclic) bond motifs is 1. The lowest BCUT2D eigenvalue weighted by molar-refractivity contribution is -0.127. The zero-order chi connectivity index (χ0) is 14.2. The van der Waals surface area contributed by atoms with Gasteiger partial charge in [-0.2, -0.15) is 0 Å². The summed E-state index contributed by atoms with van der Waals surface area (Å²) in [7, 11) is 0. The summed E-state index contributed by atoms with van der Waals surface area (Å²) in [6.45, 7) is 3.33. The molecule has 0 bridgehead atoms. The molecule has 2 N–H and O–H groups in total. The standard InChI is InChI=1S/C16H26N4O/c21-20-8-4-7-17-16(20)19-10-13-14(11-19)15(13)18-9-12-5-2-1-3-6-12/h4,7-8,12-16,18,21H,1-3,5-6,9-11H2. The molecule has 0 aromatic heterocycles. The quantitative estimate of drug-likeness (QED) is 0.827. The molecular weight excluding hydrogens is 264 g/mol. The SMILES string of the molecule is ON1C=CC=NC1N1CC2C(C1)C2NCC1CCCCC1. The Hall–Kier alpha value is -0.910. The van der Waals surface area contributed by atoms with Gasteiger partial charge < -0.3 is 5.32 Å². The number of aliphatic imine (C=N–C) groups is 1. The predicted molar refractivity (Wildman–Crippen MR) is 82.0 cm³/mol. The highest BCUT2D eigenvalue weighted by molar-refractivity contribution is 5.71. The third-order valence-electron chi connectivity index (χ3n) is 5.70. The number of hydrogen-bond donors (Lipinski definition) is 2. The van der Waals surface area contributed by atoms with Gasteiger partial charge in [0.1, 0.15) is 0 Å². The number of hydroxylamine groups is 2. The smallest absolute Gasteiger partial charge is 0.201 e. The average Bonchev–Trinajstić information content (AvgIpc) is 2.97. The second kappa shape index (κ2) is 5.71. The van der Waals surface area contributed by atoms with Crippen molar-refractivity contribution in [3.05, 3.63) is 12.3 Å². The second-order valence-corrected chi connectivity index (χ2v) is 7.09. The van der Waals surface area contributed by atoms with Gasteiger partial charge in [-0.3, -0.25) is 15.1 Å². The van der Waals surface area contributed by atoms with E-state index in [1.165, 1.54) is 43.7 Å². The van der Waals surface area contributed by atoms with Crippen LogP contribution in [0.2, 0.25) is 0 Å². The van der Waals surface area contributed by atoms with E-state index in [4.69, 9.17) is 0 Å². The first kappa shape index (κ1) is 13.7. The number of piperidine rings is 1. The normalized spacial score (nSPS) is 39.8. The minimum atomic E-state index is -0.207. The Kier molecular flexibility index (Phi) is 3.73. The summed E-state index contributed by atoms with van der Waals surface area (Å²) in [5.41, 5.74) is 0. The lowest BCUT2D eigenvalue weighted by Crippen LogP contribution is -2.46. The maximum Gasteiger partial charge on any atom is 0.201 e. The molecule has 2 saturated carbocycles. The third-order valence-corrected chi connectivity index (χ3v) is 5.70. The molecule has 3 atom stereocenters. The minimum Gasteiger partial charge on any atom is -0.313 e. The van der Waals surface area contributed by atoms with Gasteiger partial charge in [-0.15, -0.1) is 0 Å². The maximum atomic E-state index is 9.85.